The molecule has 0 aliphatic carbocycles. The van der Waals surface area contributed by atoms with Crippen LogP contribution in [0.15, 0.2) is 24.5 Å². The molecular weight excluding hydrogens is 99.0 g/mol. The van der Waals surface area contributed by atoms with E-state index in [0.717, 1.165) is 0 Å². The van der Waals surface area contributed by atoms with E-state index in [-0.39, 0.29) is 29.6 Å². The van der Waals surface area contributed by atoms with E-state index in [9.17, 15) is 0 Å². The van der Waals surface area contributed by atoms with Crippen LogP contribution in [0.25, 0.3) is 0 Å². The zero-order valence-electron chi connectivity index (χ0n) is 4.20. The van der Waals surface area contributed by atoms with Crippen LogP contribution < -0.4 is 0 Å². The third kappa shape index (κ3) is 2.74. The summed E-state index contributed by atoms with van der Waals surface area (Å²) in [6.07, 6.45) is 3.28. The molecule has 0 aliphatic rings. The fourth-order valence-corrected chi connectivity index (χ4v) is 0.253. The van der Waals surface area contributed by atoms with Gasteiger partial charge in [-0.25, -0.2) is 0 Å². The zero-order valence-corrected chi connectivity index (χ0v) is 6.20. The van der Waals surface area contributed by atoms with Crippen LogP contribution >= 0.6 is 0 Å². The smallest absolute Gasteiger partial charge is 0.0496 e. The summed E-state index contributed by atoms with van der Waals surface area (Å²) in [4.78, 5) is 0. The zero-order chi connectivity index (χ0) is 4.24. The van der Waals surface area contributed by atoms with Crippen LogP contribution in [0.2, 0.25) is 0 Å². The number of hydrogen-bond acceptors (Lipinski definition) is 2. The first-order chi connectivity index (χ1) is 3.00. The minimum atomic E-state index is 0. The van der Waals surface area contributed by atoms with Gasteiger partial charge in [0.1, 0.15) is 0 Å². The van der Waals surface area contributed by atoms with Gasteiger partial charge >= 0.3 is 0 Å². The Morgan fingerprint density at radius 2 is 1.29 bits per heavy atom. The molecule has 1 radical (unpaired) electrons. The maximum Gasteiger partial charge on any atom is 0.0496 e. The number of rotatable bonds is 0. The van der Waals surface area contributed by atoms with Gasteiger partial charge in [-0.3, -0.25) is 0 Å². The molecule has 3 heteroatoms. The van der Waals surface area contributed by atoms with Crippen molar-refractivity contribution in [3.05, 3.63) is 24.5 Å². The molecule has 0 atom stereocenters. The van der Waals surface area contributed by atoms with Crippen LogP contribution in [0.4, 0.5) is 0 Å². The van der Waals surface area contributed by atoms with Crippen molar-refractivity contribution in [2.45, 2.75) is 0 Å². The first-order valence-corrected chi connectivity index (χ1v) is 1.72. The molecule has 0 unspecified atom stereocenters. The average molecular weight is 103 g/mol. The molecule has 0 spiro atoms. The Balaban J connectivity index is 0.000000360. The van der Waals surface area contributed by atoms with Crippen molar-refractivity contribution in [1.29, 1.82) is 0 Å². The van der Waals surface area contributed by atoms with Crippen molar-refractivity contribution in [3.8, 4) is 0 Å². The molecule has 1 rings (SSSR count). The number of hydrogen-bond donors (Lipinski definition) is 0. The third-order valence-electron chi connectivity index (χ3n) is 0.483. The molecule has 0 fully saturated rings. The van der Waals surface area contributed by atoms with Crippen LogP contribution in [0.3, 0.4) is 0 Å². The maximum atomic E-state index is 3.53. The van der Waals surface area contributed by atoms with Crippen molar-refractivity contribution in [3.63, 3.8) is 0 Å². The van der Waals surface area contributed by atoms with E-state index in [1.54, 1.807) is 12.4 Å². The predicted octanol–water partition coefficient (Wildman–Crippen LogP) is 0.0958. The summed E-state index contributed by atoms with van der Waals surface area (Å²) < 4.78 is 0. The van der Waals surface area contributed by atoms with Crippen LogP contribution in [-0.4, -0.2) is 39.8 Å². The van der Waals surface area contributed by atoms with E-state index < -0.39 is 0 Å². The molecule has 1 aromatic heterocycles. The van der Waals surface area contributed by atoms with Gasteiger partial charge in [-0.1, -0.05) is 0 Å². The summed E-state index contributed by atoms with van der Waals surface area (Å²) in [7, 11) is 0. The van der Waals surface area contributed by atoms with Crippen molar-refractivity contribution in [2.75, 3.05) is 0 Å². The molecule has 0 amide bonds. The van der Waals surface area contributed by atoms with Gasteiger partial charge in [0, 0.05) is 42.0 Å². The summed E-state index contributed by atoms with van der Waals surface area (Å²) in [5.74, 6) is 0. The molecular formula is C4H4N2Na. The Bertz CT molecular complexity index is 81.6. The summed E-state index contributed by atoms with van der Waals surface area (Å²) in [5.41, 5.74) is 0. The van der Waals surface area contributed by atoms with Gasteiger partial charge < -0.3 is 0 Å². The van der Waals surface area contributed by atoms with E-state index in [1.165, 1.54) is 0 Å². The monoisotopic (exact) mass is 103 g/mol. The van der Waals surface area contributed by atoms with Gasteiger partial charge in [0.15, 0.2) is 0 Å². The van der Waals surface area contributed by atoms with Gasteiger partial charge in [0.2, 0.25) is 0 Å². The first-order valence-electron chi connectivity index (χ1n) is 1.72. The minimum Gasteiger partial charge on any atom is -0.159 e. The Kier molecular flexibility index (Phi) is 4.29. The topological polar surface area (TPSA) is 25.8 Å². The molecule has 0 aliphatic heterocycles. The third-order valence-corrected chi connectivity index (χ3v) is 0.483. The normalized spacial score (nSPS) is 6.86. The second kappa shape index (κ2) is 4.24. The van der Waals surface area contributed by atoms with Gasteiger partial charge in [-0.15, -0.1) is 0 Å². The molecule has 0 saturated carbocycles. The second-order valence-electron chi connectivity index (χ2n) is 0.914. The van der Waals surface area contributed by atoms with E-state index in [1.807, 2.05) is 12.1 Å². The fraction of sp³-hybridized carbons (Fsp3) is 0. The van der Waals surface area contributed by atoms with E-state index in [2.05, 4.69) is 10.2 Å². The number of aromatic nitrogens is 2. The van der Waals surface area contributed by atoms with Gasteiger partial charge in [0.25, 0.3) is 0 Å². The molecule has 31 valence electrons. The van der Waals surface area contributed by atoms with Gasteiger partial charge in [-0.2, -0.15) is 10.2 Å². The Morgan fingerprint density at radius 1 is 0.857 bits per heavy atom. The molecule has 0 N–H and O–H groups in total. The average Bonchev–Trinajstić information content (AvgIpc) is 1.72. The second-order valence-corrected chi connectivity index (χ2v) is 0.914. The molecule has 0 aromatic carbocycles. The van der Waals surface area contributed by atoms with Crippen molar-refractivity contribution >= 4 is 29.6 Å². The van der Waals surface area contributed by atoms with Crippen molar-refractivity contribution in [2.24, 2.45) is 0 Å². The van der Waals surface area contributed by atoms with Gasteiger partial charge in [0.05, 0.1) is 0 Å². The quantitative estimate of drug-likeness (QED) is 0.435. The molecule has 1 heterocycles. The molecule has 0 saturated heterocycles. The largest absolute Gasteiger partial charge is 0.159 e. The summed E-state index contributed by atoms with van der Waals surface area (Å²) in [6, 6.07) is 3.65. The Morgan fingerprint density at radius 3 is 1.43 bits per heavy atom. The SMILES string of the molecule is [Na].c1ccnnc1. The Hall–Kier alpha value is 0.0800. The predicted molar refractivity (Wildman–Crippen MR) is 27.8 cm³/mol. The maximum absolute atomic E-state index is 3.53. The fourth-order valence-electron chi connectivity index (χ4n) is 0.253. The minimum absolute atomic E-state index is 0. The summed E-state index contributed by atoms with van der Waals surface area (Å²) in [6.45, 7) is 0. The summed E-state index contributed by atoms with van der Waals surface area (Å²) in [5, 5.41) is 7.07. The van der Waals surface area contributed by atoms with Crippen molar-refractivity contribution < 1.29 is 0 Å². The van der Waals surface area contributed by atoms with E-state index >= 15 is 0 Å². The molecule has 1 aromatic rings. The first kappa shape index (κ1) is 7.08. The van der Waals surface area contributed by atoms with Crippen LogP contribution in [0.5, 0.6) is 0 Å². The standard InChI is InChI=1S/C4H4N2.Na/c1-2-4-6-5-3-1;/h1-4H;. The molecule has 7 heavy (non-hydrogen) atoms. The van der Waals surface area contributed by atoms with Gasteiger partial charge in [-0.05, 0) is 12.1 Å². The van der Waals surface area contributed by atoms with Crippen LogP contribution in [-0.2, 0) is 0 Å². The molecule has 2 nitrogen and oxygen atoms in total. The molecule has 0 bridgehead atoms. The van der Waals surface area contributed by atoms with Crippen LogP contribution in [0.1, 0.15) is 0 Å². The Labute approximate surface area is 64.3 Å². The number of nitrogens with zero attached hydrogens (tertiary/aromatic N) is 2. The van der Waals surface area contributed by atoms with Crippen molar-refractivity contribution in [1.82, 2.24) is 10.2 Å². The van der Waals surface area contributed by atoms with E-state index in [4.69, 9.17) is 0 Å². The van der Waals surface area contributed by atoms with E-state index in [0.29, 0.717) is 0 Å². The van der Waals surface area contributed by atoms with Crippen LogP contribution in [0, 0.1) is 0 Å². The summed E-state index contributed by atoms with van der Waals surface area (Å²) >= 11 is 0.